The Bertz CT molecular complexity index is 2410. The van der Waals surface area contributed by atoms with Crippen LogP contribution in [0.5, 0.6) is 0 Å². The van der Waals surface area contributed by atoms with Crippen molar-refractivity contribution in [2.75, 3.05) is 0 Å². The van der Waals surface area contributed by atoms with E-state index < -0.39 is 0 Å². The highest BCUT2D eigenvalue weighted by atomic mass is 15.2. The van der Waals surface area contributed by atoms with Crippen molar-refractivity contribution in [3.8, 4) is 39.5 Å². The molecule has 44 heavy (non-hydrogen) atoms. The molecule has 0 fully saturated rings. The monoisotopic (exact) mass is 563 g/mol. The van der Waals surface area contributed by atoms with Gasteiger partial charge in [-0.3, -0.25) is 4.57 Å². The molecule has 6 aromatic carbocycles. The maximum Gasteiger partial charge on any atom is 0.235 e. The summed E-state index contributed by atoms with van der Waals surface area (Å²) < 4.78 is 2.23. The molecule has 0 saturated carbocycles. The van der Waals surface area contributed by atoms with Crippen molar-refractivity contribution in [1.29, 1.82) is 0 Å². The highest BCUT2D eigenvalue weighted by Crippen LogP contribution is 2.49. The van der Waals surface area contributed by atoms with E-state index in [0.717, 1.165) is 33.2 Å². The Labute approximate surface area is 256 Å². The molecule has 0 saturated heterocycles. The molecule has 1 aliphatic rings. The normalized spacial score (nSPS) is 13.4. The third-order valence-electron chi connectivity index (χ3n) is 9.43. The topological polar surface area (TPSA) is 30.7 Å². The summed E-state index contributed by atoms with van der Waals surface area (Å²) in [5.41, 5.74) is 13.0. The quantitative estimate of drug-likeness (QED) is 0.214. The van der Waals surface area contributed by atoms with Crippen molar-refractivity contribution in [2.45, 2.75) is 19.3 Å². The third-order valence-corrected chi connectivity index (χ3v) is 9.43. The van der Waals surface area contributed by atoms with Crippen LogP contribution in [0, 0.1) is 0 Å². The molecule has 0 bridgehead atoms. The van der Waals surface area contributed by atoms with Crippen LogP contribution in [-0.2, 0) is 5.41 Å². The van der Waals surface area contributed by atoms with E-state index in [9.17, 15) is 0 Å². The zero-order chi connectivity index (χ0) is 29.4. The molecule has 2 heterocycles. The SMILES string of the molecule is CC1(C)c2ccccc2-c2cc(-c3ccc4c5ccccc5n(-c5nc(-c6ccccc6)c6ccccc6n5)c4c3)ccc21. The van der Waals surface area contributed by atoms with Gasteiger partial charge >= 0.3 is 0 Å². The summed E-state index contributed by atoms with van der Waals surface area (Å²) in [6.07, 6.45) is 0. The van der Waals surface area contributed by atoms with Gasteiger partial charge in [0.25, 0.3) is 0 Å². The average Bonchev–Trinajstić information content (AvgIpc) is 3.53. The van der Waals surface area contributed by atoms with Gasteiger partial charge in [0.15, 0.2) is 0 Å². The standard InChI is InChI=1S/C41H29N3/c1-41(2)34-17-9-6-14-29(34)33-24-27(21-23-35(33)41)28-20-22-31-30-15-8-11-19-37(30)44(38(31)25-28)40-42-36-18-10-7-16-32(36)39(43-40)26-12-4-3-5-13-26/h3-25H,1-2H3. The van der Waals surface area contributed by atoms with Gasteiger partial charge in [-0.2, -0.15) is 0 Å². The van der Waals surface area contributed by atoms with Crippen molar-refractivity contribution >= 4 is 32.7 Å². The van der Waals surface area contributed by atoms with E-state index in [1.807, 2.05) is 12.1 Å². The van der Waals surface area contributed by atoms with Crippen LogP contribution < -0.4 is 0 Å². The van der Waals surface area contributed by atoms with Crippen LogP contribution in [0.2, 0.25) is 0 Å². The molecule has 2 aromatic heterocycles. The second kappa shape index (κ2) is 9.23. The maximum atomic E-state index is 5.26. The Balaban J connectivity index is 1.29. The van der Waals surface area contributed by atoms with Crippen molar-refractivity contribution in [3.05, 3.63) is 151 Å². The van der Waals surface area contributed by atoms with E-state index in [4.69, 9.17) is 9.97 Å². The van der Waals surface area contributed by atoms with Crippen LogP contribution in [-0.4, -0.2) is 14.5 Å². The lowest BCUT2D eigenvalue weighted by Crippen LogP contribution is -2.14. The molecule has 0 atom stereocenters. The van der Waals surface area contributed by atoms with Crippen LogP contribution in [0.4, 0.5) is 0 Å². The van der Waals surface area contributed by atoms with Crippen LogP contribution in [0.3, 0.4) is 0 Å². The predicted molar refractivity (Wildman–Crippen MR) is 182 cm³/mol. The van der Waals surface area contributed by atoms with Crippen LogP contribution in [0.1, 0.15) is 25.0 Å². The molecule has 9 rings (SSSR count). The smallest absolute Gasteiger partial charge is 0.235 e. The lowest BCUT2D eigenvalue weighted by molar-refractivity contribution is 0.660. The Morgan fingerprint density at radius 2 is 1.14 bits per heavy atom. The largest absolute Gasteiger partial charge is 0.278 e. The molecule has 3 heteroatoms. The second-order valence-electron chi connectivity index (χ2n) is 12.3. The van der Waals surface area contributed by atoms with E-state index in [2.05, 4.69) is 146 Å². The van der Waals surface area contributed by atoms with Crippen molar-refractivity contribution in [1.82, 2.24) is 14.5 Å². The van der Waals surface area contributed by atoms with Gasteiger partial charge in [0, 0.05) is 27.1 Å². The number of nitrogens with zero attached hydrogens (tertiary/aromatic N) is 3. The summed E-state index contributed by atoms with van der Waals surface area (Å²) in [6, 6.07) is 49.9. The van der Waals surface area contributed by atoms with Gasteiger partial charge in [0.2, 0.25) is 5.95 Å². The fourth-order valence-electron chi connectivity index (χ4n) is 7.25. The summed E-state index contributed by atoms with van der Waals surface area (Å²) in [4.78, 5) is 10.4. The molecule has 0 spiro atoms. The van der Waals surface area contributed by atoms with E-state index >= 15 is 0 Å². The Morgan fingerprint density at radius 3 is 2.02 bits per heavy atom. The predicted octanol–water partition coefficient (Wildman–Crippen LogP) is 10.4. The molecule has 0 radical (unpaired) electrons. The highest BCUT2D eigenvalue weighted by molar-refractivity contribution is 6.10. The summed E-state index contributed by atoms with van der Waals surface area (Å²) in [7, 11) is 0. The van der Waals surface area contributed by atoms with Gasteiger partial charge in [0.1, 0.15) is 0 Å². The van der Waals surface area contributed by atoms with E-state index in [1.165, 1.54) is 44.2 Å². The molecular formula is C41H29N3. The van der Waals surface area contributed by atoms with Crippen molar-refractivity contribution in [3.63, 3.8) is 0 Å². The molecule has 0 aliphatic heterocycles. The summed E-state index contributed by atoms with van der Waals surface area (Å²) >= 11 is 0. The molecule has 1 aliphatic carbocycles. The zero-order valence-electron chi connectivity index (χ0n) is 24.6. The van der Waals surface area contributed by atoms with E-state index in [1.54, 1.807) is 0 Å². The zero-order valence-corrected chi connectivity index (χ0v) is 24.6. The van der Waals surface area contributed by atoms with Crippen LogP contribution in [0.15, 0.2) is 140 Å². The first kappa shape index (κ1) is 25.0. The number of hydrogen-bond donors (Lipinski definition) is 0. The lowest BCUT2D eigenvalue weighted by Gasteiger charge is -2.21. The first-order valence-electron chi connectivity index (χ1n) is 15.2. The van der Waals surface area contributed by atoms with Crippen LogP contribution in [0.25, 0.3) is 72.2 Å². The van der Waals surface area contributed by atoms with Crippen LogP contribution >= 0.6 is 0 Å². The minimum atomic E-state index is -0.00921. The molecule has 208 valence electrons. The van der Waals surface area contributed by atoms with E-state index in [0.29, 0.717) is 5.95 Å². The summed E-state index contributed by atoms with van der Waals surface area (Å²) in [5, 5.41) is 3.43. The fourth-order valence-corrected chi connectivity index (χ4v) is 7.25. The number of rotatable bonds is 3. The minimum Gasteiger partial charge on any atom is -0.278 e. The third kappa shape index (κ3) is 3.56. The van der Waals surface area contributed by atoms with Gasteiger partial charge in [-0.25, -0.2) is 9.97 Å². The number of benzene rings is 6. The molecule has 0 unspecified atom stereocenters. The summed E-state index contributed by atoms with van der Waals surface area (Å²) in [6.45, 7) is 4.66. The van der Waals surface area contributed by atoms with Gasteiger partial charge in [-0.1, -0.05) is 129 Å². The Morgan fingerprint density at radius 1 is 0.477 bits per heavy atom. The first-order valence-corrected chi connectivity index (χ1v) is 15.2. The number of hydrogen-bond acceptors (Lipinski definition) is 2. The Hall–Kier alpha value is -5.54. The number of para-hydroxylation sites is 2. The highest BCUT2D eigenvalue weighted by Gasteiger charge is 2.35. The van der Waals surface area contributed by atoms with Gasteiger partial charge < -0.3 is 0 Å². The van der Waals surface area contributed by atoms with Gasteiger partial charge in [-0.15, -0.1) is 0 Å². The molecule has 3 nitrogen and oxygen atoms in total. The molecule has 0 N–H and O–H groups in total. The van der Waals surface area contributed by atoms with Gasteiger partial charge in [-0.05, 0) is 57.6 Å². The molecule has 8 aromatic rings. The van der Waals surface area contributed by atoms with Crippen molar-refractivity contribution < 1.29 is 0 Å². The lowest BCUT2D eigenvalue weighted by atomic mass is 9.82. The minimum absolute atomic E-state index is 0.00921. The van der Waals surface area contributed by atoms with E-state index in [-0.39, 0.29) is 5.41 Å². The maximum absolute atomic E-state index is 5.26. The average molecular weight is 564 g/mol. The molecule has 0 amide bonds. The number of fused-ring (bicyclic) bond motifs is 7. The van der Waals surface area contributed by atoms with Gasteiger partial charge in [0.05, 0.1) is 22.2 Å². The van der Waals surface area contributed by atoms with Crippen molar-refractivity contribution in [2.24, 2.45) is 0 Å². The summed E-state index contributed by atoms with van der Waals surface area (Å²) in [5.74, 6) is 0.676. The second-order valence-corrected chi connectivity index (χ2v) is 12.3. The fraction of sp³-hybridized carbons (Fsp3) is 0.0732. The first-order chi connectivity index (χ1) is 21.6. The number of aromatic nitrogens is 3. The molecular weight excluding hydrogens is 534 g/mol. The Kier molecular flexibility index (Phi) is 5.24.